The lowest BCUT2D eigenvalue weighted by Crippen LogP contribution is -1.98. The molecule has 0 aliphatic rings. The maximum Gasteiger partial charge on any atom is 0.231 e. The zero-order valence-corrected chi connectivity index (χ0v) is 7.87. The fourth-order valence-corrected chi connectivity index (χ4v) is 1.02. The average Bonchev–Trinajstić information content (AvgIpc) is 2.19. The summed E-state index contributed by atoms with van der Waals surface area (Å²) in [5.41, 5.74) is 1.57. The zero-order valence-electron chi connectivity index (χ0n) is 7.87. The van der Waals surface area contributed by atoms with Gasteiger partial charge in [0.15, 0.2) is 0 Å². The Balaban J connectivity index is 3.02. The van der Waals surface area contributed by atoms with Gasteiger partial charge in [-0.05, 0) is 25.0 Å². The minimum atomic E-state index is 0.433. The van der Waals surface area contributed by atoms with E-state index >= 15 is 0 Å². The van der Waals surface area contributed by atoms with E-state index < -0.39 is 0 Å². The molecule has 3 heteroatoms. The van der Waals surface area contributed by atoms with Crippen LogP contribution in [0.15, 0.2) is 12.3 Å². The Morgan fingerprint density at radius 3 is 2.85 bits per heavy atom. The highest BCUT2D eigenvalue weighted by Gasteiger charge is 2.04. The van der Waals surface area contributed by atoms with Gasteiger partial charge in [-0.25, -0.2) is 4.98 Å². The van der Waals surface area contributed by atoms with Gasteiger partial charge in [-0.2, -0.15) is 5.26 Å². The molecular formula is C10H12N2O. The fourth-order valence-electron chi connectivity index (χ4n) is 1.02. The summed E-state index contributed by atoms with van der Waals surface area (Å²) in [5.74, 6) is 0.433. The van der Waals surface area contributed by atoms with E-state index in [4.69, 9.17) is 10.00 Å². The molecule has 13 heavy (non-hydrogen) atoms. The van der Waals surface area contributed by atoms with Gasteiger partial charge in [0.1, 0.15) is 11.6 Å². The van der Waals surface area contributed by atoms with Crippen LogP contribution >= 0.6 is 0 Å². The second-order valence-electron chi connectivity index (χ2n) is 2.59. The number of nitrogens with zero attached hydrogens (tertiary/aromatic N) is 2. The molecule has 0 atom stereocenters. The summed E-state index contributed by atoms with van der Waals surface area (Å²) in [6.45, 7) is 4.43. The van der Waals surface area contributed by atoms with Gasteiger partial charge in [-0.15, -0.1) is 0 Å². The maximum atomic E-state index is 8.80. The normalized spacial score (nSPS) is 9.31. The van der Waals surface area contributed by atoms with Crippen LogP contribution in [-0.2, 0) is 6.42 Å². The maximum absolute atomic E-state index is 8.80. The van der Waals surface area contributed by atoms with Crippen LogP contribution in [0.25, 0.3) is 0 Å². The van der Waals surface area contributed by atoms with Crippen molar-refractivity contribution < 1.29 is 4.74 Å². The van der Waals surface area contributed by atoms with Crippen molar-refractivity contribution in [1.29, 1.82) is 5.26 Å². The van der Waals surface area contributed by atoms with Gasteiger partial charge in [0, 0.05) is 6.20 Å². The van der Waals surface area contributed by atoms with Crippen LogP contribution in [0.3, 0.4) is 0 Å². The summed E-state index contributed by atoms with van der Waals surface area (Å²) in [7, 11) is 0. The molecule has 0 radical (unpaired) electrons. The lowest BCUT2D eigenvalue weighted by atomic mass is 10.2. The van der Waals surface area contributed by atoms with Crippen LogP contribution in [0, 0.1) is 11.3 Å². The molecule has 1 heterocycles. The quantitative estimate of drug-likeness (QED) is 0.706. The third-order valence-corrected chi connectivity index (χ3v) is 1.72. The van der Waals surface area contributed by atoms with Crippen LogP contribution in [0.5, 0.6) is 5.88 Å². The summed E-state index contributed by atoms with van der Waals surface area (Å²) in [4.78, 5) is 4.07. The Labute approximate surface area is 78.0 Å². The van der Waals surface area contributed by atoms with Crippen molar-refractivity contribution in [3.63, 3.8) is 0 Å². The molecule has 0 N–H and O–H groups in total. The Bertz CT molecular complexity index is 328. The molecular weight excluding hydrogens is 164 g/mol. The Kier molecular flexibility index (Phi) is 3.27. The number of hydrogen-bond acceptors (Lipinski definition) is 3. The highest BCUT2D eigenvalue weighted by atomic mass is 16.5. The average molecular weight is 176 g/mol. The number of nitriles is 1. The molecule has 0 saturated heterocycles. The lowest BCUT2D eigenvalue weighted by molar-refractivity contribution is 0.325. The molecule has 0 aromatic carbocycles. The predicted molar refractivity (Wildman–Crippen MR) is 49.5 cm³/mol. The first-order chi connectivity index (χ1) is 6.31. The molecule has 1 aromatic heterocycles. The Morgan fingerprint density at radius 2 is 2.31 bits per heavy atom. The second-order valence-corrected chi connectivity index (χ2v) is 2.59. The van der Waals surface area contributed by atoms with Gasteiger partial charge >= 0.3 is 0 Å². The first-order valence-corrected chi connectivity index (χ1v) is 4.33. The summed E-state index contributed by atoms with van der Waals surface area (Å²) in [6.07, 6.45) is 2.62. The highest BCUT2D eigenvalue weighted by Crippen LogP contribution is 2.15. The second kappa shape index (κ2) is 4.46. The van der Waals surface area contributed by atoms with E-state index in [0.717, 1.165) is 12.0 Å². The SMILES string of the molecule is CCOc1ncc(CC)cc1C#N. The minimum absolute atomic E-state index is 0.433. The molecule has 0 spiro atoms. The molecule has 1 aromatic rings. The standard InChI is InChI=1S/C10H12N2O/c1-3-8-5-9(6-11)10(12-7-8)13-4-2/h5,7H,3-4H2,1-2H3. The monoisotopic (exact) mass is 176 g/mol. The lowest BCUT2D eigenvalue weighted by Gasteiger charge is -2.04. The Morgan fingerprint density at radius 1 is 1.54 bits per heavy atom. The summed E-state index contributed by atoms with van der Waals surface area (Å²) in [6, 6.07) is 3.89. The van der Waals surface area contributed by atoms with Crippen LogP contribution in [0.2, 0.25) is 0 Å². The molecule has 0 aliphatic heterocycles. The summed E-state index contributed by atoms with van der Waals surface area (Å²) < 4.78 is 5.19. The number of aromatic nitrogens is 1. The molecule has 3 nitrogen and oxygen atoms in total. The van der Waals surface area contributed by atoms with Crippen molar-refractivity contribution in [3.8, 4) is 11.9 Å². The molecule has 0 saturated carbocycles. The van der Waals surface area contributed by atoms with Crippen molar-refractivity contribution in [1.82, 2.24) is 4.98 Å². The van der Waals surface area contributed by atoms with E-state index in [2.05, 4.69) is 11.1 Å². The number of pyridine rings is 1. The van der Waals surface area contributed by atoms with E-state index in [1.807, 2.05) is 19.9 Å². The van der Waals surface area contributed by atoms with Gasteiger partial charge in [0.05, 0.1) is 6.61 Å². The first-order valence-electron chi connectivity index (χ1n) is 4.33. The number of hydrogen-bond donors (Lipinski definition) is 0. The fraction of sp³-hybridized carbons (Fsp3) is 0.400. The molecule has 0 bridgehead atoms. The number of aryl methyl sites for hydroxylation is 1. The largest absolute Gasteiger partial charge is 0.477 e. The van der Waals surface area contributed by atoms with Crippen LogP contribution in [-0.4, -0.2) is 11.6 Å². The molecule has 68 valence electrons. The predicted octanol–water partition coefficient (Wildman–Crippen LogP) is 1.91. The van der Waals surface area contributed by atoms with E-state index in [1.165, 1.54) is 0 Å². The molecule has 0 aliphatic carbocycles. The third kappa shape index (κ3) is 2.19. The Hall–Kier alpha value is -1.56. The van der Waals surface area contributed by atoms with E-state index in [9.17, 15) is 0 Å². The van der Waals surface area contributed by atoms with Crippen molar-refractivity contribution in [2.45, 2.75) is 20.3 Å². The van der Waals surface area contributed by atoms with Crippen molar-refractivity contribution in [2.75, 3.05) is 6.61 Å². The van der Waals surface area contributed by atoms with Crippen LogP contribution < -0.4 is 4.74 Å². The summed E-state index contributed by atoms with van der Waals surface area (Å²) in [5, 5.41) is 8.80. The minimum Gasteiger partial charge on any atom is -0.477 e. The topological polar surface area (TPSA) is 45.9 Å². The number of ether oxygens (including phenoxy) is 1. The van der Waals surface area contributed by atoms with Crippen molar-refractivity contribution >= 4 is 0 Å². The number of rotatable bonds is 3. The zero-order chi connectivity index (χ0) is 9.68. The van der Waals surface area contributed by atoms with Crippen molar-refractivity contribution in [3.05, 3.63) is 23.4 Å². The van der Waals surface area contributed by atoms with E-state index in [1.54, 1.807) is 6.20 Å². The van der Waals surface area contributed by atoms with Gasteiger partial charge in [-0.1, -0.05) is 6.92 Å². The highest BCUT2D eigenvalue weighted by molar-refractivity contribution is 5.39. The van der Waals surface area contributed by atoms with Gasteiger partial charge in [0.2, 0.25) is 5.88 Å². The van der Waals surface area contributed by atoms with Gasteiger partial charge in [-0.3, -0.25) is 0 Å². The van der Waals surface area contributed by atoms with Gasteiger partial charge in [0.25, 0.3) is 0 Å². The van der Waals surface area contributed by atoms with Gasteiger partial charge < -0.3 is 4.74 Å². The summed E-state index contributed by atoms with van der Waals surface area (Å²) >= 11 is 0. The van der Waals surface area contributed by atoms with Crippen molar-refractivity contribution in [2.24, 2.45) is 0 Å². The third-order valence-electron chi connectivity index (χ3n) is 1.72. The smallest absolute Gasteiger partial charge is 0.231 e. The molecule has 0 fully saturated rings. The molecule has 0 unspecified atom stereocenters. The molecule has 0 amide bonds. The first kappa shape index (κ1) is 9.53. The van der Waals surface area contributed by atoms with E-state index in [0.29, 0.717) is 18.1 Å². The molecule has 1 rings (SSSR count). The van der Waals surface area contributed by atoms with Crippen LogP contribution in [0.4, 0.5) is 0 Å². The van der Waals surface area contributed by atoms with Crippen LogP contribution in [0.1, 0.15) is 25.0 Å². The van der Waals surface area contributed by atoms with E-state index in [-0.39, 0.29) is 0 Å².